The molecular formula is C15H16Br2ClNS. The van der Waals surface area contributed by atoms with Gasteiger partial charge < -0.3 is 12.4 Å². The van der Waals surface area contributed by atoms with Crippen molar-refractivity contribution in [2.24, 2.45) is 0 Å². The van der Waals surface area contributed by atoms with Crippen LogP contribution in [0, 0.1) is 0 Å². The van der Waals surface area contributed by atoms with Crippen LogP contribution in [0.3, 0.4) is 0 Å². The van der Waals surface area contributed by atoms with Crippen LogP contribution in [0.5, 0.6) is 0 Å². The SMILES string of the molecule is CCC1CCCc2c1sc[n+]2-c1c(Br)cccc1Br.[Cl-]. The summed E-state index contributed by atoms with van der Waals surface area (Å²) in [4.78, 5) is 1.59. The maximum absolute atomic E-state index is 3.68. The van der Waals surface area contributed by atoms with Crippen LogP contribution in [0.25, 0.3) is 5.69 Å². The Bertz CT molecular complexity index is 592. The number of hydrogen-bond donors (Lipinski definition) is 0. The predicted molar refractivity (Wildman–Crippen MR) is 87.2 cm³/mol. The van der Waals surface area contributed by atoms with Gasteiger partial charge in [0.1, 0.15) is 0 Å². The lowest BCUT2D eigenvalue weighted by atomic mass is 9.90. The molecule has 0 spiro atoms. The number of aromatic nitrogens is 1. The van der Waals surface area contributed by atoms with E-state index in [1.54, 1.807) is 4.88 Å². The van der Waals surface area contributed by atoms with Gasteiger partial charge in [0.05, 0.1) is 13.8 Å². The van der Waals surface area contributed by atoms with Crippen LogP contribution in [-0.2, 0) is 6.42 Å². The number of thiazole rings is 1. The maximum Gasteiger partial charge on any atom is 0.240 e. The van der Waals surface area contributed by atoms with E-state index in [9.17, 15) is 0 Å². The van der Waals surface area contributed by atoms with Crippen LogP contribution in [0.1, 0.15) is 42.7 Å². The van der Waals surface area contributed by atoms with Gasteiger partial charge in [-0.3, -0.25) is 0 Å². The largest absolute Gasteiger partial charge is 1.00 e. The highest BCUT2D eigenvalue weighted by Crippen LogP contribution is 2.37. The Balaban J connectivity index is 0.00000147. The van der Waals surface area contributed by atoms with Crippen molar-refractivity contribution < 1.29 is 17.0 Å². The molecule has 0 radical (unpaired) electrons. The van der Waals surface area contributed by atoms with Crippen molar-refractivity contribution >= 4 is 43.2 Å². The fraction of sp³-hybridized carbons (Fsp3) is 0.400. The van der Waals surface area contributed by atoms with E-state index in [1.165, 1.54) is 37.1 Å². The third-order valence-electron chi connectivity index (χ3n) is 3.87. The lowest BCUT2D eigenvalue weighted by Crippen LogP contribution is -3.00. The number of halogens is 3. The molecule has 5 heteroatoms. The molecule has 1 atom stereocenters. The Labute approximate surface area is 147 Å². The van der Waals surface area contributed by atoms with E-state index in [1.807, 2.05) is 11.3 Å². The number of benzene rings is 1. The normalized spacial score (nSPS) is 17.4. The molecule has 1 aliphatic rings. The second kappa shape index (κ2) is 6.91. The zero-order valence-electron chi connectivity index (χ0n) is 11.2. The van der Waals surface area contributed by atoms with Crippen LogP contribution in [0.15, 0.2) is 32.7 Å². The Kier molecular flexibility index (Phi) is 5.69. The molecule has 1 unspecified atom stereocenters. The molecule has 3 rings (SSSR count). The zero-order valence-corrected chi connectivity index (χ0v) is 15.9. The van der Waals surface area contributed by atoms with Crippen LogP contribution in [0.4, 0.5) is 0 Å². The van der Waals surface area contributed by atoms with Crippen LogP contribution < -0.4 is 17.0 Å². The number of para-hydroxylation sites is 1. The summed E-state index contributed by atoms with van der Waals surface area (Å²) in [5.74, 6) is 0.760. The molecule has 0 saturated carbocycles. The van der Waals surface area contributed by atoms with Crippen molar-refractivity contribution in [2.75, 3.05) is 0 Å². The van der Waals surface area contributed by atoms with E-state index in [2.05, 4.69) is 67.1 Å². The van der Waals surface area contributed by atoms with Gasteiger partial charge in [-0.1, -0.05) is 24.3 Å². The lowest BCUT2D eigenvalue weighted by molar-refractivity contribution is -0.601. The van der Waals surface area contributed by atoms with E-state index in [4.69, 9.17) is 0 Å². The highest BCUT2D eigenvalue weighted by Gasteiger charge is 2.31. The van der Waals surface area contributed by atoms with E-state index in [0.29, 0.717) is 0 Å². The Morgan fingerprint density at radius 1 is 1.30 bits per heavy atom. The summed E-state index contributed by atoms with van der Waals surface area (Å²) in [5, 5.41) is 0. The minimum Gasteiger partial charge on any atom is -1.00 e. The van der Waals surface area contributed by atoms with Gasteiger partial charge in [0.15, 0.2) is 0 Å². The minimum absolute atomic E-state index is 0. The molecule has 0 bridgehead atoms. The smallest absolute Gasteiger partial charge is 0.240 e. The van der Waals surface area contributed by atoms with Crippen LogP contribution in [0.2, 0.25) is 0 Å². The second-order valence-electron chi connectivity index (χ2n) is 4.97. The first kappa shape index (κ1) is 16.5. The molecule has 20 heavy (non-hydrogen) atoms. The highest BCUT2D eigenvalue weighted by molar-refractivity contribution is 9.11. The van der Waals surface area contributed by atoms with Crippen molar-refractivity contribution in [1.29, 1.82) is 0 Å². The molecule has 2 aromatic rings. The average Bonchev–Trinajstić information content (AvgIpc) is 2.82. The quantitative estimate of drug-likeness (QED) is 0.636. The Hall–Kier alpha value is 0.1000. The van der Waals surface area contributed by atoms with Gasteiger partial charge in [-0.25, -0.2) is 0 Å². The molecule has 108 valence electrons. The number of rotatable bonds is 2. The fourth-order valence-electron chi connectivity index (χ4n) is 2.88. The summed E-state index contributed by atoms with van der Waals surface area (Å²) in [6, 6.07) is 6.28. The second-order valence-corrected chi connectivity index (χ2v) is 7.57. The van der Waals surface area contributed by atoms with Gasteiger partial charge in [0.2, 0.25) is 16.9 Å². The number of hydrogen-bond acceptors (Lipinski definition) is 1. The summed E-state index contributed by atoms with van der Waals surface area (Å²) >= 11 is 9.28. The fourth-order valence-corrected chi connectivity index (χ4v) is 5.52. The first-order valence-electron chi connectivity index (χ1n) is 6.68. The van der Waals surface area contributed by atoms with E-state index in [0.717, 1.165) is 14.9 Å². The standard InChI is InChI=1S/C15H16Br2NS.ClH/c1-2-10-5-3-8-13-15(10)19-9-18(13)14-11(16)6-4-7-12(14)17;/h4,6-7,9-10H,2-3,5,8H2,1H3;1H/q+1;/p-1. The molecule has 0 amide bonds. The van der Waals surface area contributed by atoms with E-state index in [-0.39, 0.29) is 12.4 Å². The molecular weight excluding hydrogens is 422 g/mol. The van der Waals surface area contributed by atoms with E-state index >= 15 is 0 Å². The summed E-state index contributed by atoms with van der Waals surface area (Å²) in [6.45, 7) is 2.30. The van der Waals surface area contributed by atoms with Crippen molar-refractivity contribution in [2.45, 2.75) is 38.5 Å². The minimum atomic E-state index is 0. The monoisotopic (exact) mass is 435 g/mol. The number of fused-ring (bicyclic) bond motifs is 1. The molecule has 0 N–H and O–H groups in total. The van der Waals surface area contributed by atoms with E-state index < -0.39 is 0 Å². The van der Waals surface area contributed by atoms with Crippen LogP contribution >= 0.6 is 43.2 Å². The molecule has 1 aromatic carbocycles. The van der Waals surface area contributed by atoms with Gasteiger partial charge in [-0.15, -0.1) is 0 Å². The predicted octanol–water partition coefficient (Wildman–Crippen LogP) is 2.38. The van der Waals surface area contributed by atoms with Gasteiger partial charge in [-0.05, 0) is 69.2 Å². The third-order valence-corrected chi connectivity index (χ3v) is 6.29. The van der Waals surface area contributed by atoms with Crippen molar-refractivity contribution in [1.82, 2.24) is 0 Å². The first-order valence-corrected chi connectivity index (χ1v) is 9.15. The van der Waals surface area contributed by atoms with Crippen LogP contribution in [-0.4, -0.2) is 0 Å². The van der Waals surface area contributed by atoms with Crippen molar-refractivity contribution in [3.63, 3.8) is 0 Å². The van der Waals surface area contributed by atoms with Gasteiger partial charge in [0, 0.05) is 6.42 Å². The van der Waals surface area contributed by atoms with Crippen molar-refractivity contribution in [3.05, 3.63) is 43.2 Å². The molecule has 1 aromatic heterocycles. The molecule has 0 saturated heterocycles. The Morgan fingerprint density at radius 3 is 2.65 bits per heavy atom. The maximum atomic E-state index is 3.68. The van der Waals surface area contributed by atoms with Gasteiger partial charge in [0.25, 0.3) is 0 Å². The molecule has 1 heterocycles. The van der Waals surface area contributed by atoms with Gasteiger partial charge in [-0.2, -0.15) is 4.57 Å². The average molecular weight is 438 g/mol. The summed E-state index contributed by atoms with van der Waals surface area (Å²) in [5.41, 5.74) is 5.01. The van der Waals surface area contributed by atoms with Crippen molar-refractivity contribution in [3.8, 4) is 5.69 Å². The number of nitrogens with zero attached hydrogens (tertiary/aromatic N) is 1. The summed E-state index contributed by atoms with van der Waals surface area (Å²) < 4.78 is 4.66. The first-order chi connectivity index (χ1) is 9.22. The Morgan fingerprint density at radius 2 is 2.00 bits per heavy atom. The van der Waals surface area contributed by atoms with Gasteiger partial charge >= 0.3 is 0 Å². The summed E-state index contributed by atoms with van der Waals surface area (Å²) in [7, 11) is 0. The molecule has 1 nitrogen and oxygen atoms in total. The lowest BCUT2D eigenvalue weighted by Gasteiger charge is -2.17. The molecule has 0 fully saturated rings. The third kappa shape index (κ3) is 2.85. The molecule has 1 aliphatic carbocycles. The highest BCUT2D eigenvalue weighted by atomic mass is 79.9. The summed E-state index contributed by atoms with van der Waals surface area (Å²) in [6.07, 6.45) is 5.11. The zero-order chi connectivity index (χ0) is 13.4. The molecule has 0 aliphatic heterocycles. The topological polar surface area (TPSA) is 3.88 Å².